The summed E-state index contributed by atoms with van der Waals surface area (Å²) >= 11 is 0. The molecule has 0 radical (unpaired) electrons. The molecule has 0 aromatic heterocycles. The molecule has 1 aromatic carbocycles. The average molecular weight is 276 g/mol. The van der Waals surface area contributed by atoms with Crippen LogP contribution in [0.3, 0.4) is 0 Å². The number of rotatable bonds is 5. The molecule has 108 valence electrons. The van der Waals surface area contributed by atoms with E-state index in [4.69, 9.17) is 4.74 Å². The molecule has 2 rings (SSSR count). The minimum Gasteiger partial charge on any atom is -0.493 e. The molecule has 5 heteroatoms. The zero-order chi connectivity index (χ0) is 14.5. The van der Waals surface area contributed by atoms with Gasteiger partial charge in [-0.1, -0.05) is 0 Å². The lowest BCUT2D eigenvalue weighted by molar-refractivity contribution is -0.122. The maximum atomic E-state index is 11.5. The zero-order valence-electron chi connectivity index (χ0n) is 11.9. The minimum absolute atomic E-state index is 0.00905. The van der Waals surface area contributed by atoms with E-state index >= 15 is 0 Å². The third kappa shape index (κ3) is 3.98. The lowest BCUT2D eigenvalue weighted by Crippen LogP contribution is -2.31. The molecule has 2 N–H and O–H groups in total. The molecule has 1 aromatic rings. The highest BCUT2D eigenvalue weighted by Crippen LogP contribution is 2.26. The van der Waals surface area contributed by atoms with Crippen LogP contribution in [-0.4, -0.2) is 24.5 Å². The summed E-state index contributed by atoms with van der Waals surface area (Å²) in [5.74, 6) is 0.777. The van der Waals surface area contributed by atoms with Crippen LogP contribution in [0.25, 0.3) is 0 Å². The van der Waals surface area contributed by atoms with Crippen molar-refractivity contribution < 1.29 is 14.3 Å². The largest absolute Gasteiger partial charge is 0.493 e. The smallest absolute Gasteiger partial charge is 0.224 e. The summed E-state index contributed by atoms with van der Waals surface area (Å²) in [5.41, 5.74) is 1.93. The molecule has 0 spiro atoms. The van der Waals surface area contributed by atoms with Crippen molar-refractivity contribution in [1.82, 2.24) is 5.32 Å². The van der Waals surface area contributed by atoms with Crippen molar-refractivity contribution in [3.05, 3.63) is 23.8 Å². The Morgan fingerprint density at radius 1 is 1.40 bits per heavy atom. The highest BCUT2D eigenvalue weighted by Gasteiger charge is 2.15. The van der Waals surface area contributed by atoms with Gasteiger partial charge in [-0.15, -0.1) is 0 Å². The van der Waals surface area contributed by atoms with E-state index in [9.17, 15) is 9.59 Å². The Morgan fingerprint density at radius 3 is 2.95 bits per heavy atom. The molecule has 1 aliphatic heterocycles. The number of hydrogen-bond acceptors (Lipinski definition) is 3. The monoisotopic (exact) mass is 276 g/mol. The topological polar surface area (TPSA) is 67.4 Å². The van der Waals surface area contributed by atoms with Crippen molar-refractivity contribution in [3.63, 3.8) is 0 Å². The Labute approximate surface area is 118 Å². The first-order chi connectivity index (χ1) is 9.54. The van der Waals surface area contributed by atoms with Gasteiger partial charge in [-0.25, -0.2) is 0 Å². The number of nitrogens with one attached hydrogen (secondary N) is 2. The molecule has 0 aliphatic carbocycles. The third-order valence-corrected chi connectivity index (χ3v) is 3.02. The molecular weight excluding hydrogens is 256 g/mol. The van der Waals surface area contributed by atoms with E-state index in [0.717, 1.165) is 23.4 Å². The van der Waals surface area contributed by atoms with Crippen LogP contribution in [0, 0.1) is 0 Å². The second-order valence-electron chi connectivity index (χ2n) is 5.19. The Hall–Kier alpha value is -2.04. The standard InChI is InChI=1S/C15H20N2O3/c1-10(2)16-15(19)7-8-20-12-4-5-13-11(9-12)3-6-14(18)17-13/h4-5,9-10H,3,6-8H2,1-2H3,(H,16,19)(H,17,18). The Bertz CT molecular complexity index is 512. The lowest BCUT2D eigenvalue weighted by Gasteiger charge is -2.17. The molecule has 0 atom stereocenters. The lowest BCUT2D eigenvalue weighted by atomic mass is 10.0. The van der Waals surface area contributed by atoms with E-state index in [-0.39, 0.29) is 17.9 Å². The van der Waals surface area contributed by atoms with Gasteiger partial charge in [0.1, 0.15) is 5.75 Å². The zero-order valence-corrected chi connectivity index (χ0v) is 11.9. The summed E-state index contributed by atoms with van der Waals surface area (Å²) in [6, 6.07) is 5.73. The fourth-order valence-corrected chi connectivity index (χ4v) is 2.11. The fourth-order valence-electron chi connectivity index (χ4n) is 2.11. The number of hydrogen-bond donors (Lipinski definition) is 2. The van der Waals surface area contributed by atoms with Crippen molar-refractivity contribution in [2.75, 3.05) is 11.9 Å². The number of carbonyl (C=O) groups is 2. The number of benzene rings is 1. The average Bonchev–Trinajstić information content (AvgIpc) is 2.38. The minimum atomic E-state index is -0.00905. The van der Waals surface area contributed by atoms with Crippen LogP contribution in [0.5, 0.6) is 5.75 Å². The SMILES string of the molecule is CC(C)NC(=O)CCOc1ccc2c(c1)CCC(=O)N2. The van der Waals surface area contributed by atoms with Crippen molar-refractivity contribution in [2.24, 2.45) is 0 Å². The van der Waals surface area contributed by atoms with Gasteiger partial charge in [-0.05, 0) is 44.0 Å². The number of aryl methyl sites for hydroxylation is 1. The predicted molar refractivity (Wildman–Crippen MR) is 76.8 cm³/mol. The van der Waals surface area contributed by atoms with Gasteiger partial charge in [0.05, 0.1) is 13.0 Å². The van der Waals surface area contributed by atoms with Crippen LogP contribution in [0.15, 0.2) is 18.2 Å². The van der Waals surface area contributed by atoms with Crippen LogP contribution in [0.1, 0.15) is 32.3 Å². The van der Waals surface area contributed by atoms with Crippen LogP contribution in [0.4, 0.5) is 5.69 Å². The highest BCUT2D eigenvalue weighted by molar-refractivity contribution is 5.94. The Kier molecular flexibility index (Phi) is 4.61. The van der Waals surface area contributed by atoms with Crippen LogP contribution < -0.4 is 15.4 Å². The molecule has 0 saturated carbocycles. The second kappa shape index (κ2) is 6.41. The maximum absolute atomic E-state index is 11.5. The molecule has 1 heterocycles. The van der Waals surface area contributed by atoms with Gasteiger partial charge < -0.3 is 15.4 Å². The molecule has 0 fully saturated rings. The molecule has 5 nitrogen and oxygen atoms in total. The van der Waals surface area contributed by atoms with Crippen LogP contribution in [0.2, 0.25) is 0 Å². The van der Waals surface area contributed by atoms with Crippen molar-refractivity contribution in [1.29, 1.82) is 0 Å². The number of fused-ring (bicyclic) bond motifs is 1. The van der Waals surface area contributed by atoms with Gasteiger partial charge in [-0.2, -0.15) is 0 Å². The first kappa shape index (κ1) is 14.4. The van der Waals surface area contributed by atoms with Crippen molar-refractivity contribution >= 4 is 17.5 Å². The first-order valence-corrected chi connectivity index (χ1v) is 6.89. The van der Waals surface area contributed by atoms with Crippen molar-refractivity contribution in [3.8, 4) is 5.75 Å². The van der Waals surface area contributed by atoms with E-state index in [2.05, 4.69) is 10.6 Å². The number of anilines is 1. The summed E-state index contributed by atoms with van der Waals surface area (Å²) in [6.07, 6.45) is 1.57. The van der Waals surface area contributed by atoms with Crippen molar-refractivity contribution in [2.45, 2.75) is 39.2 Å². The number of carbonyl (C=O) groups excluding carboxylic acids is 2. The molecule has 2 amide bonds. The maximum Gasteiger partial charge on any atom is 0.224 e. The molecular formula is C15H20N2O3. The van der Waals surface area contributed by atoms with Gasteiger partial charge in [0.25, 0.3) is 0 Å². The molecule has 0 bridgehead atoms. The van der Waals surface area contributed by atoms with Crippen LogP contribution in [-0.2, 0) is 16.0 Å². The summed E-state index contributed by atoms with van der Waals surface area (Å²) in [7, 11) is 0. The summed E-state index contributed by atoms with van der Waals surface area (Å²) in [6.45, 7) is 4.21. The summed E-state index contributed by atoms with van der Waals surface area (Å²) in [5, 5.41) is 5.64. The molecule has 0 unspecified atom stereocenters. The molecule has 0 saturated heterocycles. The van der Waals surface area contributed by atoms with Crippen LogP contribution >= 0.6 is 0 Å². The second-order valence-corrected chi connectivity index (χ2v) is 5.19. The number of ether oxygens (including phenoxy) is 1. The van der Waals surface area contributed by atoms with E-state index in [0.29, 0.717) is 19.4 Å². The van der Waals surface area contributed by atoms with Gasteiger partial charge >= 0.3 is 0 Å². The van der Waals surface area contributed by atoms with E-state index in [1.165, 1.54) is 0 Å². The van der Waals surface area contributed by atoms with Gasteiger partial charge in [0.2, 0.25) is 11.8 Å². The number of amides is 2. The van der Waals surface area contributed by atoms with Gasteiger partial charge in [0.15, 0.2) is 0 Å². The van der Waals surface area contributed by atoms with E-state index < -0.39 is 0 Å². The Morgan fingerprint density at radius 2 is 2.20 bits per heavy atom. The highest BCUT2D eigenvalue weighted by atomic mass is 16.5. The summed E-state index contributed by atoms with van der Waals surface area (Å²) in [4.78, 5) is 22.7. The fraction of sp³-hybridized carbons (Fsp3) is 0.467. The quantitative estimate of drug-likeness (QED) is 0.862. The van der Waals surface area contributed by atoms with E-state index in [1.54, 1.807) is 0 Å². The Balaban J connectivity index is 1.85. The summed E-state index contributed by atoms with van der Waals surface area (Å²) < 4.78 is 5.58. The first-order valence-electron chi connectivity index (χ1n) is 6.89. The third-order valence-electron chi connectivity index (χ3n) is 3.02. The molecule has 20 heavy (non-hydrogen) atoms. The van der Waals surface area contributed by atoms with Gasteiger partial charge in [-0.3, -0.25) is 9.59 Å². The van der Waals surface area contributed by atoms with E-state index in [1.807, 2.05) is 32.0 Å². The molecule has 1 aliphatic rings. The predicted octanol–water partition coefficient (Wildman–Crippen LogP) is 1.86. The normalized spacial score (nSPS) is 13.7. The van der Waals surface area contributed by atoms with Gasteiger partial charge in [0, 0.05) is 18.2 Å².